The molecule has 0 saturated heterocycles. The second kappa shape index (κ2) is 8.64. The monoisotopic (exact) mass is 202 g/mol. The normalized spacial score (nSPS) is 15.3. The Balaban J connectivity index is 3.91. The molecule has 0 aliphatic rings. The molecule has 0 amide bonds. The third kappa shape index (κ3) is 5.37. The molecule has 78 valence electrons. The van der Waals surface area contributed by atoms with E-state index in [0.29, 0.717) is 11.4 Å². The van der Waals surface area contributed by atoms with Crippen LogP contribution >= 0.6 is 11.8 Å². The molecule has 13 heavy (non-hydrogen) atoms. The number of hydrogen-bond acceptors (Lipinski definition) is 2. The van der Waals surface area contributed by atoms with Crippen LogP contribution in [0.4, 0.5) is 0 Å². The number of unbranched alkanes of at least 4 members (excludes halogenated alkanes) is 1. The molecule has 0 spiro atoms. The molecular weight excluding hydrogens is 180 g/mol. The highest BCUT2D eigenvalue weighted by atomic mass is 32.2. The highest BCUT2D eigenvalue weighted by Crippen LogP contribution is 2.22. The van der Waals surface area contributed by atoms with Gasteiger partial charge in [0.2, 0.25) is 0 Å². The topological polar surface area (TPSA) is 9.23 Å². The second-order valence-electron chi connectivity index (χ2n) is 3.21. The maximum atomic E-state index is 5.45. The number of hydrogen-bond donors (Lipinski definition) is 0. The molecule has 0 aromatic carbocycles. The summed E-state index contributed by atoms with van der Waals surface area (Å²) < 4.78 is 5.45. The molecule has 0 aromatic heterocycles. The highest BCUT2D eigenvalue weighted by Gasteiger charge is 2.17. The van der Waals surface area contributed by atoms with Crippen LogP contribution in [0.1, 0.15) is 32.6 Å². The van der Waals surface area contributed by atoms with Crippen molar-refractivity contribution < 1.29 is 4.74 Å². The number of methoxy groups -OCH3 is 1. The summed E-state index contributed by atoms with van der Waals surface area (Å²) in [5.41, 5.74) is 0. The van der Waals surface area contributed by atoms with Crippen LogP contribution < -0.4 is 0 Å². The van der Waals surface area contributed by atoms with Crippen LogP contribution in [0.2, 0.25) is 0 Å². The number of ether oxygens (including phenoxy) is 1. The molecule has 0 fully saturated rings. The van der Waals surface area contributed by atoms with Gasteiger partial charge in [0.25, 0.3) is 0 Å². The Morgan fingerprint density at radius 2 is 2.23 bits per heavy atom. The average molecular weight is 202 g/mol. The largest absolute Gasteiger partial charge is 0.380 e. The molecule has 0 N–H and O–H groups in total. The predicted molar refractivity (Wildman–Crippen MR) is 62.4 cm³/mol. The van der Waals surface area contributed by atoms with Gasteiger partial charge < -0.3 is 4.74 Å². The summed E-state index contributed by atoms with van der Waals surface area (Å²) in [6.45, 7) is 5.99. The van der Waals surface area contributed by atoms with Crippen molar-refractivity contribution in [2.24, 2.45) is 0 Å². The lowest BCUT2D eigenvalue weighted by atomic mass is 10.1. The van der Waals surface area contributed by atoms with E-state index in [9.17, 15) is 0 Å². The van der Waals surface area contributed by atoms with Crippen LogP contribution in [0, 0.1) is 0 Å². The quantitative estimate of drug-likeness (QED) is 0.557. The lowest BCUT2D eigenvalue weighted by Crippen LogP contribution is -2.24. The molecule has 0 saturated carbocycles. The molecule has 0 heterocycles. The van der Waals surface area contributed by atoms with E-state index in [1.54, 1.807) is 7.11 Å². The average Bonchev–Trinajstić information content (AvgIpc) is 2.17. The molecule has 0 aliphatic heterocycles. The Morgan fingerprint density at radius 3 is 2.62 bits per heavy atom. The maximum Gasteiger partial charge on any atom is 0.0723 e. The van der Waals surface area contributed by atoms with E-state index in [4.69, 9.17) is 4.74 Å². The second-order valence-corrected chi connectivity index (χ2v) is 4.29. The summed E-state index contributed by atoms with van der Waals surface area (Å²) in [5.74, 6) is 0. The van der Waals surface area contributed by atoms with E-state index in [2.05, 4.69) is 19.8 Å². The van der Waals surface area contributed by atoms with Crippen molar-refractivity contribution in [2.45, 2.75) is 44.0 Å². The number of rotatable bonds is 8. The molecule has 0 rings (SSSR count). The van der Waals surface area contributed by atoms with Crippen molar-refractivity contribution in [3.05, 3.63) is 12.7 Å². The summed E-state index contributed by atoms with van der Waals surface area (Å²) in [5, 5.41) is 0.628. The summed E-state index contributed by atoms with van der Waals surface area (Å²) in [6.07, 6.45) is 9.23. The van der Waals surface area contributed by atoms with Crippen LogP contribution in [-0.4, -0.2) is 24.7 Å². The Kier molecular flexibility index (Phi) is 8.67. The number of thioether (sulfide) groups is 1. The lowest BCUT2D eigenvalue weighted by Gasteiger charge is -2.23. The zero-order valence-electron chi connectivity index (χ0n) is 9.08. The molecule has 0 aliphatic carbocycles. The van der Waals surface area contributed by atoms with Crippen LogP contribution in [0.15, 0.2) is 12.7 Å². The van der Waals surface area contributed by atoms with Gasteiger partial charge in [-0.2, -0.15) is 11.8 Å². The highest BCUT2D eigenvalue weighted by molar-refractivity contribution is 7.99. The van der Waals surface area contributed by atoms with Crippen LogP contribution in [0.3, 0.4) is 0 Å². The zero-order valence-corrected chi connectivity index (χ0v) is 9.90. The van der Waals surface area contributed by atoms with Gasteiger partial charge in [0.15, 0.2) is 0 Å². The summed E-state index contributed by atoms with van der Waals surface area (Å²) in [4.78, 5) is 0. The van der Waals surface area contributed by atoms with E-state index in [1.807, 2.05) is 17.8 Å². The minimum atomic E-state index is 0.346. The molecule has 1 nitrogen and oxygen atoms in total. The minimum Gasteiger partial charge on any atom is -0.380 e. The SMILES string of the molecule is C=CC[C@H](OC)[C@H](CCCC)SC. The first-order chi connectivity index (χ1) is 6.29. The van der Waals surface area contributed by atoms with Gasteiger partial charge in [0, 0.05) is 12.4 Å². The van der Waals surface area contributed by atoms with Crippen molar-refractivity contribution in [1.82, 2.24) is 0 Å². The molecule has 0 aromatic rings. The van der Waals surface area contributed by atoms with E-state index >= 15 is 0 Å². The third-order valence-electron chi connectivity index (χ3n) is 2.26. The first kappa shape index (κ1) is 13.1. The van der Waals surface area contributed by atoms with Gasteiger partial charge in [-0.1, -0.05) is 25.8 Å². The Bertz CT molecular complexity index is 125. The lowest BCUT2D eigenvalue weighted by molar-refractivity contribution is 0.101. The summed E-state index contributed by atoms with van der Waals surface area (Å²) in [6, 6.07) is 0. The van der Waals surface area contributed by atoms with Gasteiger partial charge in [-0.15, -0.1) is 6.58 Å². The standard InChI is InChI=1S/C11H22OS/c1-5-7-9-11(13-4)10(12-3)8-6-2/h6,10-11H,2,5,7-9H2,1,3-4H3/t10-,11-/m0/s1. The van der Waals surface area contributed by atoms with Gasteiger partial charge in [-0.25, -0.2) is 0 Å². The van der Waals surface area contributed by atoms with Crippen molar-refractivity contribution in [1.29, 1.82) is 0 Å². The Hall–Kier alpha value is 0.0500. The predicted octanol–water partition coefficient (Wildman–Crippen LogP) is 3.50. The minimum absolute atomic E-state index is 0.346. The summed E-state index contributed by atoms with van der Waals surface area (Å²) in [7, 11) is 1.79. The zero-order chi connectivity index (χ0) is 10.1. The Morgan fingerprint density at radius 1 is 1.54 bits per heavy atom. The maximum absolute atomic E-state index is 5.45. The smallest absolute Gasteiger partial charge is 0.0723 e. The molecule has 0 radical (unpaired) electrons. The molecular formula is C11H22OS. The third-order valence-corrected chi connectivity index (χ3v) is 3.41. The first-order valence-corrected chi connectivity index (χ1v) is 6.25. The van der Waals surface area contributed by atoms with E-state index in [-0.39, 0.29) is 0 Å². The van der Waals surface area contributed by atoms with Gasteiger partial charge >= 0.3 is 0 Å². The fourth-order valence-corrected chi connectivity index (χ4v) is 2.35. The van der Waals surface area contributed by atoms with Crippen LogP contribution in [0.25, 0.3) is 0 Å². The van der Waals surface area contributed by atoms with E-state index in [0.717, 1.165) is 6.42 Å². The van der Waals surface area contributed by atoms with Gasteiger partial charge in [0.1, 0.15) is 0 Å². The van der Waals surface area contributed by atoms with Gasteiger partial charge in [-0.3, -0.25) is 0 Å². The van der Waals surface area contributed by atoms with E-state index in [1.165, 1.54) is 19.3 Å². The van der Waals surface area contributed by atoms with Crippen molar-refractivity contribution in [3.8, 4) is 0 Å². The molecule has 2 heteroatoms. The van der Waals surface area contributed by atoms with Gasteiger partial charge in [0.05, 0.1) is 6.10 Å². The fourth-order valence-electron chi connectivity index (χ4n) is 1.42. The fraction of sp³-hybridized carbons (Fsp3) is 0.818. The first-order valence-electron chi connectivity index (χ1n) is 4.96. The van der Waals surface area contributed by atoms with Crippen molar-refractivity contribution in [3.63, 3.8) is 0 Å². The van der Waals surface area contributed by atoms with Crippen molar-refractivity contribution in [2.75, 3.05) is 13.4 Å². The molecule has 2 atom stereocenters. The van der Waals surface area contributed by atoms with Gasteiger partial charge in [-0.05, 0) is 19.1 Å². The molecule has 0 bridgehead atoms. The van der Waals surface area contributed by atoms with Crippen LogP contribution in [0.5, 0.6) is 0 Å². The Labute approximate surface area is 86.9 Å². The van der Waals surface area contributed by atoms with Crippen LogP contribution in [-0.2, 0) is 4.74 Å². The van der Waals surface area contributed by atoms with E-state index < -0.39 is 0 Å². The summed E-state index contributed by atoms with van der Waals surface area (Å²) >= 11 is 1.91. The molecule has 0 unspecified atom stereocenters. The van der Waals surface area contributed by atoms with Crippen molar-refractivity contribution >= 4 is 11.8 Å².